The van der Waals surface area contributed by atoms with Crippen LogP contribution < -0.4 is 0 Å². The van der Waals surface area contributed by atoms with Crippen LogP contribution in [0, 0.1) is 0 Å². The number of aliphatic hydroxyl groups is 1. The first-order valence-corrected chi connectivity index (χ1v) is 4.61. The Labute approximate surface area is 83.6 Å². The molecule has 0 fully saturated rings. The van der Waals surface area contributed by atoms with Gasteiger partial charge in [-0.05, 0) is 30.0 Å². The van der Waals surface area contributed by atoms with E-state index in [2.05, 4.69) is 0 Å². The molecule has 1 aromatic rings. The maximum Gasteiger partial charge on any atom is 0.119 e. The van der Waals surface area contributed by atoms with Crippen molar-refractivity contribution in [2.45, 2.75) is 25.7 Å². The topological polar surface area (TPSA) is 60.7 Å². The van der Waals surface area contributed by atoms with Gasteiger partial charge in [0.25, 0.3) is 0 Å². The van der Waals surface area contributed by atoms with Gasteiger partial charge in [-0.15, -0.1) is 0 Å². The summed E-state index contributed by atoms with van der Waals surface area (Å²) in [5, 5.41) is 27.8. The molecule has 0 radical (unpaired) electrons. The molecule has 78 valence electrons. The number of benzene rings is 1. The van der Waals surface area contributed by atoms with E-state index in [1.165, 1.54) is 18.2 Å². The predicted octanol–water partition coefficient (Wildman–Crippen LogP) is 1.76. The van der Waals surface area contributed by atoms with Crippen molar-refractivity contribution < 1.29 is 15.3 Å². The molecular weight excluding hydrogens is 180 g/mol. The molecule has 1 aromatic carbocycles. The average molecular weight is 196 g/mol. The van der Waals surface area contributed by atoms with Gasteiger partial charge in [-0.3, -0.25) is 0 Å². The minimum atomic E-state index is -0.336. The van der Waals surface area contributed by atoms with Gasteiger partial charge in [0.15, 0.2) is 0 Å². The van der Waals surface area contributed by atoms with Crippen LogP contribution in [-0.2, 0) is 5.41 Å². The SMILES string of the molecule is CC(C)(CCO)c1cc(O)ccc1O. The zero-order valence-electron chi connectivity index (χ0n) is 8.49. The highest BCUT2D eigenvalue weighted by molar-refractivity contribution is 5.42. The standard InChI is InChI=1S/C11H16O3/c1-11(2,5-6-12)9-7-8(13)3-4-10(9)14/h3-4,7,12-14H,5-6H2,1-2H3. The molecule has 0 aliphatic heterocycles. The fourth-order valence-corrected chi connectivity index (χ4v) is 1.48. The van der Waals surface area contributed by atoms with E-state index in [-0.39, 0.29) is 23.5 Å². The van der Waals surface area contributed by atoms with Gasteiger partial charge in [0, 0.05) is 12.2 Å². The minimum absolute atomic E-state index is 0.0576. The molecule has 0 aliphatic rings. The Bertz CT molecular complexity index is 318. The third-order valence-corrected chi connectivity index (χ3v) is 2.45. The summed E-state index contributed by atoms with van der Waals surface area (Å²) in [5.41, 5.74) is 0.323. The van der Waals surface area contributed by atoms with Crippen molar-refractivity contribution in [1.29, 1.82) is 0 Å². The van der Waals surface area contributed by atoms with Gasteiger partial charge < -0.3 is 15.3 Å². The maximum atomic E-state index is 9.60. The van der Waals surface area contributed by atoms with E-state index in [4.69, 9.17) is 5.11 Å². The lowest BCUT2D eigenvalue weighted by Gasteiger charge is -2.25. The van der Waals surface area contributed by atoms with Gasteiger partial charge in [-0.1, -0.05) is 13.8 Å². The summed E-state index contributed by atoms with van der Waals surface area (Å²) in [5.74, 6) is 0.282. The molecule has 0 aromatic heterocycles. The van der Waals surface area contributed by atoms with E-state index >= 15 is 0 Å². The minimum Gasteiger partial charge on any atom is -0.508 e. The summed E-state index contributed by atoms with van der Waals surface area (Å²) < 4.78 is 0. The summed E-state index contributed by atoms with van der Waals surface area (Å²) in [6.07, 6.45) is 0.546. The molecule has 0 spiro atoms. The average Bonchev–Trinajstić information content (AvgIpc) is 2.09. The number of rotatable bonds is 3. The van der Waals surface area contributed by atoms with E-state index in [0.717, 1.165) is 0 Å². The molecule has 1 rings (SSSR count). The highest BCUT2D eigenvalue weighted by Crippen LogP contribution is 2.35. The van der Waals surface area contributed by atoms with Crippen molar-refractivity contribution >= 4 is 0 Å². The Balaban J connectivity index is 3.10. The second-order valence-electron chi connectivity index (χ2n) is 4.06. The van der Waals surface area contributed by atoms with Crippen LogP contribution in [0.4, 0.5) is 0 Å². The maximum absolute atomic E-state index is 9.60. The Morgan fingerprint density at radius 1 is 1.21 bits per heavy atom. The molecule has 0 aliphatic carbocycles. The number of hydrogen-bond donors (Lipinski definition) is 3. The van der Waals surface area contributed by atoms with E-state index in [9.17, 15) is 10.2 Å². The van der Waals surface area contributed by atoms with Crippen LogP contribution in [0.1, 0.15) is 25.8 Å². The van der Waals surface area contributed by atoms with Crippen molar-refractivity contribution in [2.75, 3.05) is 6.61 Å². The van der Waals surface area contributed by atoms with Gasteiger partial charge in [0.05, 0.1) is 0 Å². The van der Waals surface area contributed by atoms with Gasteiger partial charge in [0.2, 0.25) is 0 Å². The molecule has 0 amide bonds. The predicted molar refractivity (Wildman–Crippen MR) is 54.5 cm³/mol. The Kier molecular flexibility index (Phi) is 3.01. The molecule has 0 atom stereocenters. The Morgan fingerprint density at radius 3 is 2.43 bits per heavy atom. The number of hydrogen-bond acceptors (Lipinski definition) is 3. The highest BCUT2D eigenvalue weighted by atomic mass is 16.3. The first kappa shape index (κ1) is 10.9. The van der Waals surface area contributed by atoms with Crippen LogP contribution in [0.5, 0.6) is 11.5 Å². The quantitative estimate of drug-likeness (QED) is 0.645. The first-order valence-electron chi connectivity index (χ1n) is 4.61. The molecule has 3 heteroatoms. The number of phenolic OH excluding ortho intramolecular Hbond substituents is 2. The Hall–Kier alpha value is -1.22. The largest absolute Gasteiger partial charge is 0.508 e. The van der Waals surface area contributed by atoms with Crippen molar-refractivity contribution in [3.05, 3.63) is 23.8 Å². The van der Waals surface area contributed by atoms with Gasteiger partial charge >= 0.3 is 0 Å². The van der Waals surface area contributed by atoms with Crippen molar-refractivity contribution in [3.63, 3.8) is 0 Å². The highest BCUT2D eigenvalue weighted by Gasteiger charge is 2.23. The van der Waals surface area contributed by atoms with E-state index in [1.807, 2.05) is 13.8 Å². The molecule has 0 bridgehead atoms. The van der Waals surface area contributed by atoms with E-state index in [1.54, 1.807) is 0 Å². The number of aromatic hydroxyl groups is 2. The summed E-state index contributed by atoms with van der Waals surface area (Å²) >= 11 is 0. The van der Waals surface area contributed by atoms with Gasteiger partial charge in [-0.25, -0.2) is 0 Å². The fourth-order valence-electron chi connectivity index (χ4n) is 1.48. The third kappa shape index (κ3) is 2.17. The molecule has 0 heterocycles. The lowest BCUT2D eigenvalue weighted by atomic mass is 9.81. The van der Waals surface area contributed by atoms with Crippen LogP contribution >= 0.6 is 0 Å². The third-order valence-electron chi connectivity index (χ3n) is 2.45. The second kappa shape index (κ2) is 3.88. The molecule has 3 N–H and O–H groups in total. The first-order chi connectivity index (χ1) is 6.47. The zero-order chi connectivity index (χ0) is 10.8. The molecule has 14 heavy (non-hydrogen) atoms. The van der Waals surface area contributed by atoms with Crippen LogP contribution in [0.3, 0.4) is 0 Å². The summed E-state index contributed by atoms with van der Waals surface area (Å²) in [6, 6.07) is 4.43. The zero-order valence-corrected chi connectivity index (χ0v) is 8.49. The van der Waals surface area contributed by atoms with Crippen molar-refractivity contribution in [2.24, 2.45) is 0 Å². The molecular formula is C11H16O3. The van der Waals surface area contributed by atoms with Crippen molar-refractivity contribution in [3.8, 4) is 11.5 Å². The molecule has 0 saturated heterocycles. The smallest absolute Gasteiger partial charge is 0.119 e. The van der Waals surface area contributed by atoms with E-state index < -0.39 is 0 Å². The van der Waals surface area contributed by atoms with Gasteiger partial charge in [-0.2, -0.15) is 0 Å². The lowest BCUT2D eigenvalue weighted by molar-refractivity contribution is 0.250. The Morgan fingerprint density at radius 2 is 1.86 bits per heavy atom. The number of phenols is 2. The van der Waals surface area contributed by atoms with E-state index in [0.29, 0.717) is 12.0 Å². The second-order valence-corrected chi connectivity index (χ2v) is 4.06. The summed E-state index contributed by atoms with van der Waals surface area (Å²) in [7, 11) is 0. The molecule has 0 saturated carbocycles. The van der Waals surface area contributed by atoms with Crippen LogP contribution in [-0.4, -0.2) is 21.9 Å². The van der Waals surface area contributed by atoms with Gasteiger partial charge in [0.1, 0.15) is 11.5 Å². The fraction of sp³-hybridized carbons (Fsp3) is 0.455. The number of aliphatic hydroxyl groups excluding tert-OH is 1. The molecule has 3 nitrogen and oxygen atoms in total. The van der Waals surface area contributed by atoms with Crippen molar-refractivity contribution in [1.82, 2.24) is 0 Å². The van der Waals surface area contributed by atoms with Crippen LogP contribution in [0.15, 0.2) is 18.2 Å². The van der Waals surface area contributed by atoms with Crippen LogP contribution in [0.25, 0.3) is 0 Å². The summed E-state index contributed by atoms with van der Waals surface area (Å²) in [6.45, 7) is 3.89. The van der Waals surface area contributed by atoms with Crippen LogP contribution in [0.2, 0.25) is 0 Å². The summed E-state index contributed by atoms with van der Waals surface area (Å²) in [4.78, 5) is 0. The molecule has 0 unspecified atom stereocenters. The normalized spacial score (nSPS) is 11.6. The monoisotopic (exact) mass is 196 g/mol. The lowest BCUT2D eigenvalue weighted by Crippen LogP contribution is -2.18.